The van der Waals surface area contributed by atoms with Gasteiger partial charge in [0, 0.05) is 10.5 Å². The van der Waals surface area contributed by atoms with E-state index < -0.39 is 0 Å². The van der Waals surface area contributed by atoms with Gasteiger partial charge >= 0.3 is 0 Å². The Morgan fingerprint density at radius 2 is 2.12 bits per heavy atom. The van der Waals surface area contributed by atoms with Gasteiger partial charge < -0.3 is 10.1 Å². The lowest BCUT2D eigenvalue weighted by Crippen LogP contribution is -2.24. The summed E-state index contributed by atoms with van der Waals surface area (Å²) >= 11 is 2.32. The Labute approximate surface area is 109 Å². The van der Waals surface area contributed by atoms with Crippen molar-refractivity contribution in [3.8, 4) is 5.75 Å². The first-order chi connectivity index (χ1) is 7.70. The van der Waals surface area contributed by atoms with Crippen LogP contribution in [-0.4, -0.2) is 16.9 Å². The highest BCUT2D eigenvalue weighted by molar-refractivity contribution is 14.1. The highest BCUT2D eigenvalue weighted by Crippen LogP contribution is 2.38. The third kappa shape index (κ3) is 2.87. The van der Waals surface area contributed by atoms with E-state index in [1.165, 1.54) is 0 Å². The summed E-state index contributed by atoms with van der Waals surface area (Å²) in [5.41, 5.74) is 1.10. The summed E-state index contributed by atoms with van der Waals surface area (Å²) in [6.45, 7) is 0.600. The van der Waals surface area contributed by atoms with Crippen LogP contribution in [-0.2, 0) is 11.3 Å². The maximum absolute atomic E-state index is 11.6. The van der Waals surface area contributed by atoms with Crippen LogP contribution in [0.3, 0.4) is 0 Å². The predicted octanol–water partition coefficient (Wildman–Crippen LogP) is 2.13. The van der Waals surface area contributed by atoms with Crippen LogP contribution < -0.4 is 10.1 Å². The van der Waals surface area contributed by atoms with Gasteiger partial charge in [-0.2, -0.15) is 0 Å². The van der Waals surface area contributed by atoms with Gasteiger partial charge in [0.1, 0.15) is 5.75 Å². The number of halogens is 1. The zero-order valence-electron chi connectivity index (χ0n) is 9.07. The quantitative estimate of drug-likeness (QED) is 0.678. The highest BCUT2D eigenvalue weighted by Gasteiger charge is 2.40. The number of alkyl halides is 1. The van der Waals surface area contributed by atoms with Crippen LogP contribution in [0.15, 0.2) is 24.3 Å². The van der Waals surface area contributed by atoms with Crippen molar-refractivity contribution in [1.82, 2.24) is 5.32 Å². The number of rotatable bonds is 4. The lowest BCUT2D eigenvalue weighted by Gasteiger charge is -2.05. The van der Waals surface area contributed by atoms with Crippen molar-refractivity contribution in [3.05, 3.63) is 29.8 Å². The Hall–Kier alpha value is -0.780. The zero-order chi connectivity index (χ0) is 11.5. The lowest BCUT2D eigenvalue weighted by atomic mass is 10.2. The number of nitrogens with one attached hydrogen (secondary N) is 1. The summed E-state index contributed by atoms with van der Waals surface area (Å²) in [4.78, 5) is 11.6. The SMILES string of the molecule is COc1ccc(CNC(=O)C2CC2I)cc1. The third-order valence-electron chi connectivity index (χ3n) is 2.68. The van der Waals surface area contributed by atoms with E-state index in [4.69, 9.17) is 4.74 Å². The first-order valence-electron chi connectivity index (χ1n) is 5.25. The average Bonchev–Trinajstić information content (AvgIpc) is 3.04. The molecule has 0 saturated heterocycles. The first kappa shape index (κ1) is 11.7. The monoisotopic (exact) mass is 331 g/mol. The van der Waals surface area contributed by atoms with Crippen molar-refractivity contribution in [1.29, 1.82) is 0 Å². The zero-order valence-corrected chi connectivity index (χ0v) is 11.2. The molecule has 1 fully saturated rings. The molecule has 0 spiro atoms. The molecule has 0 aliphatic heterocycles. The summed E-state index contributed by atoms with van der Waals surface area (Å²) in [6, 6.07) is 7.74. The second kappa shape index (κ2) is 5.03. The number of carbonyl (C=O) groups is 1. The van der Waals surface area contributed by atoms with Gasteiger partial charge in [-0.05, 0) is 24.1 Å². The van der Waals surface area contributed by atoms with Crippen LogP contribution in [0.5, 0.6) is 5.75 Å². The number of benzene rings is 1. The van der Waals surface area contributed by atoms with E-state index in [0.29, 0.717) is 10.5 Å². The number of hydrogen-bond acceptors (Lipinski definition) is 2. The molecule has 3 nitrogen and oxygen atoms in total. The Morgan fingerprint density at radius 3 is 2.62 bits per heavy atom. The molecule has 0 heterocycles. The third-order valence-corrected chi connectivity index (χ3v) is 4.05. The van der Waals surface area contributed by atoms with Crippen LogP contribution >= 0.6 is 22.6 Å². The Bertz CT molecular complexity index is 377. The summed E-state index contributed by atoms with van der Waals surface area (Å²) in [6.07, 6.45) is 1.02. The minimum absolute atomic E-state index is 0.176. The van der Waals surface area contributed by atoms with E-state index in [2.05, 4.69) is 27.9 Å². The maximum atomic E-state index is 11.6. The summed E-state index contributed by atoms with van der Waals surface area (Å²) < 4.78 is 5.60. The van der Waals surface area contributed by atoms with E-state index >= 15 is 0 Å². The van der Waals surface area contributed by atoms with Gasteiger partial charge in [0.15, 0.2) is 0 Å². The molecule has 0 aromatic heterocycles. The second-order valence-electron chi connectivity index (χ2n) is 3.92. The molecule has 16 heavy (non-hydrogen) atoms. The molecular formula is C12H14INO2. The minimum Gasteiger partial charge on any atom is -0.497 e. The van der Waals surface area contributed by atoms with Crippen LogP contribution in [0.25, 0.3) is 0 Å². The summed E-state index contributed by atoms with van der Waals surface area (Å²) in [5.74, 6) is 1.25. The van der Waals surface area contributed by atoms with Crippen molar-refractivity contribution < 1.29 is 9.53 Å². The molecule has 1 amide bonds. The molecule has 2 rings (SSSR count). The van der Waals surface area contributed by atoms with Crippen molar-refractivity contribution in [3.63, 3.8) is 0 Å². The van der Waals surface area contributed by atoms with Gasteiger partial charge in [0.2, 0.25) is 5.91 Å². The molecule has 86 valence electrons. The second-order valence-corrected chi connectivity index (χ2v) is 5.52. The van der Waals surface area contributed by atoms with E-state index in [1.807, 2.05) is 24.3 Å². The fourth-order valence-electron chi connectivity index (χ4n) is 1.50. The molecule has 1 aliphatic carbocycles. The molecule has 2 atom stereocenters. The van der Waals surface area contributed by atoms with Crippen LogP contribution in [0.2, 0.25) is 0 Å². The number of methoxy groups -OCH3 is 1. The minimum atomic E-state index is 0.176. The van der Waals surface area contributed by atoms with Crippen molar-refractivity contribution in [2.24, 2.45) is 5.92 Å². The fourth-order valence-corrected chi connectivity index (χ4v) is 2.37. The molecule has 1 saturated carbocycles. The van der Waals surface area contributed by atoms with Gasteiger partial charge in [0.25, 0.3) is 0 Å². The van der Waals surface area contributed by atoms with Gasteiger partial charge in [-0.1, -0.05) is 34.7 Å². The molecule has 1 aliphatic rings. The summed E-state index contributed by atoms with van der Waals surface area (Å²) in [7, 11) is 1.64. The molecule has 0 bridgehead atoms. The normalized spacial score (nSPS) is 22.6. The van der Waals surface area contributed by atoms with Crippen molar-refractivity contribution in [2.45, 2.75) is 16.9 Å². The highest BCUT2D eigenvalue weighted by atomic mass is 127. The Kier molecular flexibility index (Phi) is 3.68. The number of ether oxygens (including phenoxy) is 1. The van der Waals surface area contributed by atoms with Crippen LogP contribution in [0.4, 0.5) is 0 Å². The molecule has 4 heteroatoms. The molecule has 1 aromatic carbocycles. The smallest absolute Gasteiger partial charge is 0.224 e. The van der Waals surface area contributed by atoms with E-state index in [-0.39, 0.29) is 11.8 Å². The van der Waals surface area contributed by atoms with Crippen LogP contribution in [0.1, 0.15) is 12.0 Å². The van der Waals surface area contributed by atoms with E-state index in [1.54, 1.807) is 7.11 Å². The maximum Gasteiger partial charge on any atom is 0.224 e. The van der Waals surface area contributed by atoms with Crippen LogP contribution in [0, 0.1) is 5.92 Å². The predicted molar refractivity (Wildman–Crippen MR) is 70.8 cm³/mol. The Morgan fingerprint density at radius 1 is 1.50 bits per heavy atom. The summed E-state index contributed by atoms with van der Waals surface area (Å²) in [5, 5.41) is 2.94. The van der Waals surface area contributed by atoms with Gasteiger partial charge in [-0.25, -0.2) is 0 Å². The fraction of sp³-hybridized carbons (Fsp3) is 0.417. The number of carbonyl (C=O) groups excluding carboxylic acids is 1. The standard InChI is InChI=1S/C12H14INO2/c1-16-9-4-2-8(3-5-9)7-14-12(15)10-6-11(10)13/h2-5,10-11H,6-7H2,1H3,(H,14,15). The van der Waals surface area contributed by atoms with Crippen molar-refractivity contribution >= 4 is 28.5 Å². The lowest BCUT2D eigenvalue weighted by molar-refractivity contribution is -0.122. The molecular weight excluding hydrogens is 317 g/mol. The van der Waals surface area contributed by atoms with Gasteiger partial charge in [-0.15, -0.1) is 0 Å². The first-order valence-corrected chi connectivity index (χ1v) is 6.50. The van der Waals surface area contributed by atoms with Crippen molar-refractivity contribution in [2.75, 3.05) is 7.11 Å². The van der Waals surface area contributed by atoms with E-state index in [9.17, 15) is 4.79 Å². The Balaban J connectivity index is 1.82. The number of amides is 1. The van der Waals surface area contributed by atoms with Gasteiger partial charge in [0.05, 0.1) is 13.0 Å². The van der Waals surface area contributed by atoms with E-state index in [0.717, 1.165) is 17.7 Å². The molecule has 2 unspecified atom stereocenters. The topological polar surface area (TPSA) is 38.3 Å². The molecule has 0 radical (unpaired) electrons. The number of hydrogen-bond donors (Lipinski definition) is 1. The largest absolute Gasteiger partial charge is 0.497 e. The average molecular weight is 331 g/mol. The molecule has 1 aromatic rings. The van der Waals surface area contributed by atoms with Gasteiger partial charge in [-0.3, -0.25) is 4.79 Å². The molecule has 1 N–H and O–H groups in total.